The van der Waals surface area contributed by atoms with E-state index >= 15 is 0 Å². The maximum absolute atomic E-state index is 12.5. The summed E-state index contributed by atoms with van der Waals surface area (Å²) in [5.41, 5.74) is 3.45. The highest BCUT2D eigenvalue weighted by Gasteiger charge is 2.18. The summed E-state index contributed by atoms with van der Waals surface area (Å²) in [4.78, 5) is 14.9. The molecule has 0 bridgehead atoms. The summed E-state index contributed by atoms with van der Waals surface area (Å²) in [7, 11) is 0. The van der Waals surface area contributed by atoms with Crippen LogP contribution in [-0.2, 0) is 11.2 Å². The minimum Gasteiger partial charge on any atom is -0.356 e. The minimum absolute atomic E-state index is 0.0261. The molecular weight excluding hydrogens is 362 g/mol. The molecule has 0 atom stereocenters. The van der Waals surface area contributed by atoms with E-state index in [1.54, 1.807) is 4.68 Å². The number of nitrogens with one attached hydrogen (secondary N) is 1. The molecule has 1 N–H and O–H groups in total. The molecule has 3 aromatic rings. The minimum atomic E-state index is -0.0261. The third kappa shape index (κ3) is 5.51. The van der Waals surface area contributed by atoms with Gasteiger partial charge in [-0.15, -0.1) is 5.10 Å². The Morgan fingerprint density at radius 2 is 1.66 bits per heavy atom. The molecule has 1 amide bonds. The summed E-state index contributed by atoms with van der Waals surface area (Å²) >= 11 is 0. The molecule has 29 heavy (non-hydrogen) atoms. The first-order chi connectivity index (χ1) is 14.2. The molecule has 0 saturated heterocycles. The standard InChI is InChI=1S/C23H29N5O/c1-3-27(4-2)17-11-16-24-22(29)18-21-23(19-12-7-5-8-13-19)28(26-25-21)20-14-9-6-10-15-20/h5-10,12-15H,3-4,11,16-18H2,1-2H3,(H,24,29). The number of rotatable bonds is 10. The lowest BCUT2D eigenvalue weighted by molar-refractivity contribution is -0.120. The second kappa shape index (κ2) is 10.5. The highest BCUT2D eigenvalue weighted by Crippen LogP contribution is 2.25. The number of carbonyl (C=O) groups is 1. The van der Waals surface area contributed by atoms with Crippen LogP contribution in [0.2, 0.25) is 0 Å². The summed E-state index contributed by atoms with van der Waals surface area (Å²) in [6.07, 6.45) is 1.15. The van der Waals surface area contributed by atoms with E-state index in [9.17, 15) is 4.79 Å². The van der Waals surface area contributed by atoms with Gasteiger partial charge in [0.15, 0.2) is 0 Å². The van der Waals surface area contributed by atoms with Crippen molar-refractivity contribution in [2.75, 3.05) is 26.2 Å². The first-order valence-electron chi connectivity index (χ1n) is 10.3. The first-order valence-corrected chi connectivity index (χ1v) is 10.3. The Bertz CT molecular complexity index is 888. The molecule has 0 spiro atoms. The van der Waals surface area contributed by atoms with Crippen LogP contribution in [0.5, 0.6) is 0 Å². The Kier molecular flexibility index (Phi) is 7.53. The van der Waals surface area contributed by atoms with Gasteiger partial charge in [-0.3, -0.25) is 4.79 Å². The Morgan fingerprint density at radius 3 is 2.31 bits per heavy atom. The van der Waals surface area contributed by atoms with Crippen molar-refractivity contribution in [2.24, 2.45) is 0 Å². The Hall–Kier alpha value is -2.99. The van der Waals surface area contributed by atoms with Gasteiger partial charge in [0.2, 0.25) is 5.91 Å². The Morgan fingerprint density at radius 1 is 1.00 bits per heavy atom. The number of hydrogen-bond donors (Lipinski definition) is 1. The lowest BCUT2D eigenvalue weighted by Crippen LogP contribution is -2.30. The number of benzene rings is 2. The molecule has 0 aliphatic carbocycles. The van der Waals surface area contributed by atoms with Gasteiger partial charge in [-0.05, 0) is 38.2 Å². The van der Waals surface area contributed by atoms with Crippen LogP contribution in [0.15, 0.2) is 60.7 Å². The molecule has 0 saturated carbocycles. The van der Waals surface area contributed by atoms with E-state index in [0.717, 1.165) is 43.0 Å². The molecule has 0 radical (unpaired) electrons. The zero-order valence-electron chi connectivity index (χ0n) is 17.2. The fourth-order valence-electron chi connectivity index (χ4n) is 3.35. The van der Waals surface area contributed by atoms with Gasteiger partial charge in [0.25, 0.3) is 0 Å². The van der Waals surface area contributed by atoms with Crippen LogP contribution < -0.4 is 5.32 Å². The highest BCUT2D eigenvalue weighted by atomic mass is 16.1. The molecule has 0 aliphatic rings. The lowest BCUT2D eigenvalue weighted by Gasteiger charge is -2.17. The van der Waals surface area contributed by atoms with Crippen LogP contribution in [-0.4, -0.2) is 52.0 Å². The van der Waals surface area contributed by atoms with Crippen LogP contribution in [0.3, 0.4) is 0 Å². The van der Waals surface area contributed by atoms with Gasteiger partial charge in [-0.25, -0.2) is 4.68 Å². The largest absolute Gasteiger partial charge is 0.356 e. The third-order valence-electron chi connectivity index (χ3n) is 4.98. The van der Waals surface area contributed by atoms with Gasteiger partial charge in [-0.2, -0.15) is 0 Å². The van der Waals surface area contributed by atoms with Crippen molar-refractivity contribution in [3.05, 3.63) is 66.4 Å². The Labute approximate surface area is 172 Å². The van der Waals surface area contributed by atoms with E-state index < -0.39 is 0 Å². The number of hydrogen-bond acceptors (Lipinski definition) is 4. The predicted molar refractivity (Wildman–Crippen MR) is 116 cm³/mol. The fraction of sp³-hybridized carbons (Fsp3) is 0.348. The lowest BCUT2D eigenvalue weighted by atomic mass is 10.1. The van der Waals surface area contributed by atoms with Gasteiger partial charge in [0.1, 0.15) is 5.69 Å². The average molecular weight is 392 g/mol. The third-order valence-corrected chi connectivity index (χ3v) is 4.98. The topological polar surface area (TPSA) is 63.1 Å². The van der Waals surface area contributed by atoms with Crippen LogP contribution >= 0.6 is 0 Å². The summed E-state index contributed by atoms with van der Waals surface area (Å²) in [6, 6.07) is 19.8. The van der Waals surface area contributed by atoms with Crippen LogP contribution in [0.1, 0.15) is 26.0 Å². The van der Waals surface area contributed by atoms with Crippen molar-refractivity contribution >= 4 is 5.91 Å². The van der Waals surface area contributed by atoms with E-state index in [1.807, 2.05) is 60.7 Å². The van der Waals surface area contributed by atoms with E-state index in [4.69, 9.17) is 0 Å². The normalized spacial score (nSPS) is 11.0. The molecule has 6 heteroatoms. The summed E-state index contributed by atoms with van der Waals surface area (Å²) < 4.78 is 1.80. The molecule has 2 aromatic carbocycles. The fourth-order valence-corrected chi connectivity index (χ4v) is 3.35. The van der Waals surface area contributed by atoms with Gasteiger partial charge in [0.05, 0.1) is 17.8 Å². The maximum atomic E-state index is 12.5. The van der Waals surface area contributed by atoms with Crippen molar-refractivity contribution in [1.29, 1.82) is 0 Å². The summed E-state index contributed by atoms with van der Waals surface area (Å²) in [5.74, 6) is -0.0261. The molecule has 0 unspecified atom stereocenters. The summed E-state index contributed by atoms with van der Waals surface area (Å²) in [5, 5.41) is 11.7. The number of para-hydroxylation sites is 1. The molecular formula is C23H29N5O. The van der Waals surface area contributed by atoms with Crippen LogP contribution in [0.4, 0.5) is 0 Å². The molecule has 0 aliphatic heterocycles. The maximum Gasteiger partial charge on any atom is 0.226 e. The zero-order chi connectivity index (χ0) is 20.5. The van der Waals surface area contributed by atoms with Crippen LogP contribution in [0, 0.1) is 0 Å². The highest BCUT2D eigenvalue weighted by molar-refractivity contribution is 5.80. The summed E-state index contributed by atoms with van der Waals surface area (Å²) in [6.45, 7) is 8.04. The van der Waals surface area contributed by atoms with Gasteiger partial charge in [-0.1, -0.05) is 67.6 Å². The van der Waals surface area contributed by atoms with Gasteiger partial charge in [0, 0.05) is 12.1 Å². The number of nitrogens with zero attached hydrogens (tertiary/aromatic N) is 4. The van der Waals surface area contributed by atoms with Crippen molar-refractivity contribution < 1.29 is 4.79 Å². The zero-order valence-corrected chi connectivity index (χ0v) is 17.2. The number of aromatic nitrogens is 3. The van der Waals surface area contributed by atoms with Crippen molar-refractivity contribution in [1.82, 2.24) is 25.2 Å². The van der Waals surface area contributed by atoms with Crippen molar-refractivity contribution in [3.63, 3.8) is 0 Å². The van der Waals surface area contributed by atoms with Crippen molar-refractivity contribution in [2.45, 2.75) is 26.7 Å². The predicted octanol–water partition coefficient (Wildman–Crippen LogP) is 3.32. The van der Waals surface area contributed by atoms with E-state index in [1.165, 1.54) is 0 Å². The van der Waals surface area contributed by atoms with Gasteiger partial charge < -0.3 is 10.2 Å². The molecule has 1 heterocycles. The Balaban J connectivity index is 1.72. The monoisotopic (exact) mass is 391 g/mol. The molecule has 152 valence electrons. The van der Waals surface area contributed by atoms with Crippen LogP contribution in [0.25, 0.3) is 16.9 Å². The molecule has 1 aromatic heterocycles. The number of amides is 1. The SMILES string of the molecule is CCN(CC)CCCNC(=O)Cc1nnn(-c2ccccc2)c1-c1ccccc1. The quantitative estimate of drug-likeness (QED) is 0.539. The smallest absolute Gasteiger partial charge is 0.226 e. The van der Waals surface area contributed by atoms with E-state index in [-0.39, 0.29) is 12.3 Å². The van der Waals surface area contributed by atoms with E-state index in [2.05, 4.69) is 34.4 Å². The molecule has 3 rings (SSSR count). The van der Waals surface area contributed by atoms with E-state index in [0.29, 0.717) is 12.2 Å². The molecule has 6 nitrogen and oxygen atoms in total. The first kappa shape index (κ1) is 20.7. The molecule has 0 fully saturated rings. The second-order valence-corrected chi connectivity index (χ2v) is 6.91. The number of carbonyl (C=O) groups excluding carboxylic acids is 1. The van der Waals surface area contributed by atoms with Gasteiger partial charge >= 0.3 is 0 Å². The van der Waals surface area contributed by atoms with Crippen molar-refractivity contribution in [3.8, 4) is 16.9 Å². The second-order valence-electron chi connectivity index (χ2n) is 6.91. The average Bonchev–Trinajstić information content (AvgIpc) is 3.18.